The summed E-state index contributed by atoms with van der Waals surface area (Å²) in [6.07, 6.45) is 0. The lowest BCUT2D eigenvalue weighted by Crippen LogP contribution is -2.32. The first-order valence-corrected chi connectivity index (χ1v) is 6.57. The Balaban J connectivity index is 3.84. The maximum atomic E-state index is 11.0. The molecule has 5 heteroatoms. The highest BCUT2D eigenvalue weighted by molar-refractivity contribution is 9.09. The molecule has 0 spiro atoms. The van der Waals surface area contributed by atoms with Crippen molar-refractivity contribution in [3.63, 3.8) is 0 Å². The van der Waals surface area contributed by atoms with Crippen LogP contribution in [0.15, 0.2) is 0 Å². The molecule has 0 aromatic rings. The van der Waals surface area contributed by atoms with Gasteiger partial charge < -0.3 is 0 Å². The molecule has 3 nitrogen and oxygen atoms in total. The Morgan fingerprint density at radius 3 is 2.25 bits per heavy atom. The van der Waals surface area contributed by atoms with Crippen LogP contribution in [0.5, 0.6) is 0 Å². The molecule has 0 heterocycles. The van der Waals surface area contributed by atoms with Crippen LogP contribution in [-0.4, -0.2) is 25.5 Å². The van der Waals surface area contributed by atoms with Crippen LogP contribution < -0.4 is 4.72 Å². The average molecular weight is 258 g/mol. The fourth-order valence-corrected chi connectivity index (χ4v) is 1.56. The largest absolute Gasteiger partial charge is 0.214 e. The first-order valence-electron chi connectivity index (χ1n) is 4.00. The molecule has 0 saturated heterocycles. The number of alkyl halides is 1. The molecule has 1 atom stereocenters. The smallest absolute Gasteiger partial charge is 0.211 e. The van der Waals surface area contributed by atoms with Crippen molar-refractivity contribution >= 4 is 26.0 Å². The fourth-order valence-electron chi connectivity index (χ4n) is 0.544. The third-order valence-corrected chi connectivity index (χ3v) is 4.35. The highest BCUT2D eigenvalue weighted by Gasteiger charge is 2.12. The summed E-state index contributed by atoms with van der Waals surface area (Å²) < 4.78 is 24.5. The zero-order valence-electron chi connectivity index (χ0n) is 7.67. The monoisotopic (exact) mass is 257 g/mol. The van der Waals surface area contributed by atoms with Gasteiger partial charge >= 0.3 is 0 Å². The van der Waals surface area contributed by atoms with E-state index in [9.17, 15) is 8.42 Å². The molecule has 74 valence electrons. The summed E-state index contributed by atoms with van der Waals surface area (Å²) in [5.41, 5.74) is 0. The molecular weight excluding hydrogens is 242 g/mol. The van der Waals surface area contributed by atoms with Crippen molar-refractivity contribution in [3.8, 4) is 0 Å². The van der Waals surface area contributed by atoms with E-state index in [1.54, 1.807) is 6.92 Å². The number of hydrogen-bond acceptors (Lipinski definition) is 2. The standard InChI is InChI=1S/C7H16BrNO2S/c1-4-12(10,11)9-5-7(8)6(2)3/h6-7,9H,4-5H2,1-3H3. The lowest BCUT2D eigenvalue weighted by Gasteiger charge is -2.13. The highest BCUT2D eigenvalue weighted by Crippen LogP contribution is 2.10. The topological polar surface area (TPSA) is 46.2 Å². The first-order chi connectivity index (χ1) is 5.39. The van der Waals surface area contributed by atoms with Crippen molar-refractivity contribution in [3.05, 3.63) is 0 Å². The fraction of sp³-hybridized carbons (Fsp3) is 1.00. The van der Waals surface area contributed by atoms with E-state index in [-0.39, 0.29) is 10.6 Å². The van der Waals surface area contributed by atoms with E-state index in [1.165, 1.54) is 0 Å². The number of rotatable bonds is 5. The number of nitrogens with one attached hydrogen (secondary N) is 1. The van der Waals surface area contributed by atoms with Crippen LogP contribution >= 0.6 is 15.9 Å². The zero-order valence-corrected chi connectivity index (χ0v) is 10.1. The Hall–Kier alpha value is 0.390. The van der Waals surface area contributed by atoms with Gasteiger partial charge in [-0.15, -0.1) is 0 Å². The SMILES string of the molecule is CCS(=O)(=O)NCC(Br)C(C)C. The van der Waals surface area contributed by atoms with Gasteiger partial charge in [0.15, 0.2) is 0 Å². The van der Waals surface area contributed by atoms with E-state index in [4.69, 9.17) is 0 Å². The maximum absolute atomic E-state index is 11.0. The first kappa shape index (κ1) is 12.4. The van der Waals surface area contributed by atoms with E-state index >= 15 is 0 Å². The minimum atomic E-state index is -3.03. The van der Waals surface area contributed by atoms with Crippen molar-refractivity contribution in [2.24, 2.45) is 5.92 Å². The molecule has 0 aromatic carbocycles. The third kappa shape index (κ3) is 5.11. The summed E-state index contributed by atoms with van der Waals surface area (Å²) >= 11 is 3.40. The number of sulfonamides is 1. The second-order valence-corrected chi connectivity index (χ2v) is 6.28. The number of hydrogen-bond donors (Lipinski definition) is 1. The second-order valence-electron chi connectivity index (χ2n) is 3.01. The van der Waals surface area contributed by atoms with Crippen molar-refractivity contribution in [1.82, 2.24) is 4.72 Å². The van der Waals surface area contributed by atoms with Gasteiger partial charge in [-0.1, -0.05) is 29.8 Å². The van der Waals surface area contributed by atoms with Gasteiger partial charge in [-0.2, -0.15) is 0 Å². The van der Waals surface area contributed by atoms with Gasteiger partial charge in [0.25, 0.3) is 0 Å². The van der Waals surface area contributed by atoms with Crippen LogP contribution in [0, 0.1) is 5.92 Å². The Morgan fingerprint density at radius 2 is 1.92 bits per heavy atom. The Morgan fingerprint density at radius 1 is 1.42 bits per heavy atom. The molecule has 0 aliphatic heterocycles. The Bertz CT molecular complexity index is 213. The van der Waals surface area contributed by atoms with Crippen LogP contribution in [0.1, 0.15) is 20.8 Å². The molecule has 0 rings (SSSR count). The van der Waals surface area contributed by atoms with Gasteiger partial charge in [-0.3, -0.25) is 0 Å². The van der Waals surface area contributed by atoms with Crippen LogP contribution in [-0.2, 0) is 10.0 Å². The second kappa shape index (κ2) is 5.19. The predicted molar refractivity (Wildman–Crippen MR) is 55.0 cm³/mol. The van der Waals surface area contributed by atoms with Gasteiger partial charge in [0, 0.05) is 11.4 Å². The Kier molecular flexibility index (Phi) is 5.36. The molecule has 0 saturated carbocycles. The van der Waals surface area contributed by atoms with Gasteiger partial charge in [-0.05, 0) is 12.8 Å². The van der Waals surface area contributed by atoms with Gasteiger partial charge in [0.05, 0.1) is 5.75 Å². The van der Waals surface area contributed by atoms with Crippen molar-refractivity contribution in [2.45, 2.75) is 25.6 Å². The summed E-state index contributed by atoms with van der Waals surface area (Å²) in [6.45, 7) is 6.17. The molecule has 0 aliphatic rings. The van der Waals surface area contributed by atoms with E-state index < -0.39 is 10.0 Å². The van der Waals surface area contributed by atoms with E-state index in [1.807, 2.05) is 13.8 Å². The molecular formula is C7H16BrNO2S. The van der Waals surface area contributed by atoms with E-state index in [2.05, 4.69) is 20.7 Å². The van der Waals surface area contributed by atoms with Crippen molar-refractivity contribution < 1.29 is 8.42 Å². The van der Waals surface area contributed by atoms with E-state index in [0.717, 1.165) is 0 Å². The van der Waals surface area contributed by atoms with Crippen LogP contribution in [0.25, 0.3) is 0 Å². The average Bonchev–Trinajstić information content (AvgIpc) is 2.00. The van der Waals surface area contributed by atoms with Crippen LogP contribution in [0.4, 0.5) is 0 Å². The minimum Gasteiger partial charge on any atom is -0.214 e. The third-order valence-electron chi connectivity index (χ3n) is 1.60. The molecule has 0 amide bonds. The van der Waals surface area contributed by atoms with Crippen molar-refractivity contribution in [2.75, 3.05) is 12.3 Å². The quantitative estimate of drug-likeness (QED) is 0.756. The predicted octanol–water partition coefficient (Wildman–Crippen LogP) is 1.35. The summed E-state index contributed by atoms with van der Waals surface area (Å²) in [7, 11) is -3.03. The molecule has 0 radical (unpaired) electrons. The van der Waals surface area contributed by atoms with Crippen molar-refractivity contribution in [1.29, 1.82) is 0 Å². The van der Waals surface area contributed by atoms with Gasteiger partial charge in [-0.25, -0.2) is 13.1 Å². The summed E-state index contributed by atoms with van der Waals surface area (Å²) in [4.78, 5) is 0.207. The van der Waals surface area contributed by atoms with E-state index in [0.29, 0.717) is 12.5 Å². The summed E-state index contributed by atoms with van der Waals surface area (Å²) in [5.74, 6) is 0.578. The number of halogens is 1. The zero-order chi connectivity index (χ0) is 9.78. The Labute approximate surface area is 83.1 Å². The normalized spacial score (nSPS) is 15.1. The molecule has 1 N–H and O–H groups in total. The minimum absolute atomic E-state index is 0.144. The molecule has 1 unspecified atom stereocenters. The lowest BCUT2D eigenvalue weighted by atomic mass is 10.1. The van der Waals surface area contributed by atoms with Gasteiger partial charge in [0.1, 0.15) is 0 Å². The molecule has 0 fully saturated rings. The van der Waals surface area contributed by atoms with Crippen LogP contribution in [0.2, 0.25) is 0 Å². The molecule has 0 aliphatic carbocycles. The van der Waals surface area contributed by atoms with Gasteiger partial charge in [0.2, 0.25) is 10.0 Å². The maximum Gasteiger partial charge on any atom is 0.211 e. The molecule has 0 bridgehead atoms. The summed E-state index contributed by atoms with van der Waals surface area (Å²) in [5, 5.41) is 0. The summed E-state index contributed by atoms with van der Waals surface area (Å²) in [6, 6.07) is 0. The lowest BCUT2D eigenvalue weighted by molar-refractivity contribution is 0.564. The highest BCUT2D eigenvalue weighted by atomic mass is 79.9. The molecule has 12 heavy (non-hydrogen) atoms. The molecule has 0 aromatic heterocycles. The van der Waals surface area contributed by atoms with Crippen LogP contribution in [0.3, 0.4) is 0 Å².